The number of hydrogen-bond donors (Lipinski definition) is 0. The highest BCUT2D eigenvalue weighted by Gasteiger charge is 2.04. The average Bonchev–Trinajstić information content (AvgIpc) is 2.63. The predicted molar refractivity (Wildman–Crippen MR) is 64.7 cm³/mol. The molecule has 2 heterocycles. The Kier molecular flexibility index (Phi) is 1.92. The van der Waals surface area contributed by atoms with Gasteiger partial charge in [0.05, 0.1) is 11.0 Å². The molecular weight excluding hydrogens is 252 g/mol. The second kappa shape index (κ2) is 3.28. The molecule has 0 aliphatic rings. The summed E-state index contributed by atoms with van der Waals surface area (Å²) in [6, 6.07) is 9.98. The maximum absolute atomic E-state index is 4.37. The van der Waals surface area contributed by atoms with Gasteiger partial charge in [0, 0.05) is 27.6 Å². The van der Waals surface area contributed by atoms with Gasteiger partial charge in [0.2, 0.25) is 0 Å². The number of hydrogen-bond acceptors (Lipinski definition) is 2. The number of fused-ring (bicyclic) bond motifs is 3. The minimum atomic E-state index is 0.957. The molecule has 0 aliphatic heterocycles. The van der Waals surface area contributed by atoms with E-state index in [4.69, 9.17) is 0 Å². The van der Waals surface area contributed by atoms with Gasteiger partial charge in [0.25, 0.3) is 0 Å². The number of halogens is 1. The molecule has 0 radical (unpaired) electrons. The van der Waals surface area contributed by atoms with Crippen LogP contribution in [0, 0.1) is 0 Å². The van der Waals surface area contributed by atoms with Crippen LogP contribution in [0.4, 0.5) is 0 Å². The summed E-state index contributed by atoms with van der Waals surface area (Å²) in [6.45, 7) is 0. The monoisotopic (exact) mass is 258 g/mol. The van der Waals surface area contributed by atoms with E-state index in [-0.39, 0.29) is 0 Å². The molecule has 2 aromatic heterocycles. The molecule has 0 aliphatic carbocycles. The summed E-state index contributed by atoms with van der Waals surface area (Å²) < 4.78 is 1.03. The van der Waals surface area contributed by atoms with Gasteiger partial charge < -0.3 is 0 Å². The van der Waals surface area contributed by atoms with Gasteiger partial charge in [-0.15, -0.1) is 0 Å². The molecule has 3 rings (SSSR count). The minimum absolute atomic E-state index is 0.957. The summed E-state index contributed by atoms with van der Waals surface area (Å²) in [5, 5.41) is 2.22. The van der Waals surface area contributed by atoms with Gasteiger partial charge >= 0.3 is 0 Å². The van der Waals surface area contributed by atoms with Crippen molar-refractivity contribution in [3.63, 3.8) is 0 Å². The van der Waals surface area contributed by atoms with Crippen molar-refractivity contribution in [1.82, 2.24) is 9.97 Å². The van der Waals surface area contributed by atoms with Crippen molar-refractivity contribution in [2.45, 2.75) is 0 Å². The van der Waals surface area contributed by atoms with Gasteiger partial charge in [-0.25, -0.2) is 0 Å². The Morgan fingerprint density at radius 2 is 1.87 bits per heavy atom. The molecule has 0 bridgehead atoms. The van der Waals surface area contributed by atoms with Gasteiger partial charge in [0.15, 0.2) is 0 Å². The van der Waals surface area contributed by atoms with Crippen molar-refractivity contribution < 1.29 is 0 Å². The maximum atomic E-state index is 4.37. The van der Waals surface area contributed by atoms with E-state index in [0.29, 0.717) is 0 Å². The summed E-state index contributed by atoms with van der Waals surface area (Å²) in [7, 11) is 0. The molecule has 0 saturated heterocycles. The lowest BCUT2D eigenvalue weighted by Crippen LogP contribution is -1.75. The average molecular weight is 259 g/mol. The van der Waals surface area contributed by atoms with E-state index in [1.807, 2.05) is 36.5 Å². The highest BCUT2D eigenvalue weighted by Crippen LogP contribution is 2.28. The summed E-state index contributed by atoms with van der Waals surface area (Å²) in [6.07, 6.45) is 3.62. The second-order valence-corrected chi connectivity index (χ2v) is 4.18. The lowest BCUT2D eigenvalue weighted by atomic mass is 10.2. The standard InChI is InChI=1S/C12H7BrN2/c13-9-2-1-6-14-10-4-3-8-5-7-15-12(8)11(9)10/h1-7H. The van der Waals surface area contributed by atoms with Crippen LogP contribution in [0.5, 0.6) is 0 Å². The summed E-state index contributed by atoms with van der Waals surface area (Å²) in [5.41, 5.74) is 1.96. The van der Waals surface area contributed by atoms with Gasteiger partial charge in [-0.1, -0.05) is 22.0 Å². The van der Waals surface area contributed by atoms with Crippen LogP contribution in [0.2, 0.25) is 0 Å². The molecule has 0 spiro atoms. The highest BCUT2D eigenvalue weighted by molar-refractivity contribution is 9.10. The van der Waals surface area contributed by atoms with Gasteiger partial charge in [-0.3, -0.25) is 9.97 Å². The third kappa shape index (κ3) is 1.31. The first-order chi connectivity index (χ1) is 7.36. The molecule has 72 valence electrons. The van der Waals surface area contributed by atoms with Crippen molar-refractivity contribution in [2.75, 3.05) is 0 Å². The fourth-order valence-corrected chi connectivity index (χ4v) is 2.28. The van der Waals surface area contributed by atoms with Crippen LogP contribution in [0.15, 0.2) is 47.2 Å². The molecule has 1 aromatic carbocycles. The first kappa shape index (κ1) is 8.80. The van der Waals surface area contributed by atoms with Crippen LogP contribution in [-0.4, -0.2) is 9.97 Å². The zero-order chi connectivity index (χ0) is 10.3. The van der Waals surface area contributed by atoms with E-state index in [2.05, 4.69) is 25.9 Å². The molecule has 3 aromatic rings. The van der Waals surface area contributed by atoms with E-state index >= 15 is 0 Å². The van der Waals surface area contributed by atoms with Crippen molar-refractivity contribution in [3.8, 4) is 0 Å². The summed E-state index contributed by atoms with van der Waals surface area (Å²) in [4.78, 5) is 8.73. The molecule has 0 unspecified atom stereocenters. The first-order valence-electron chi connectivity index (χ1n) is 4.64. The minimum Gasteiger partial charge on any atom is -0.256 e. The van der Waals surface area contributed by atoms with Crippen molar-refractivity contribution >= 4 is 37.7 Å². The fourth-order valence-electron chi connectivity index (χ4n) is 1.74. The largest absolute Gasteiger partial charge is 0.256 e. The maximum Gasteiger partial charge on any atom is 0.0807 e. The Morgan fingerprint density at radius 1 is 0.933 bits per heavy atom. The fraction of sp³-hybridized carbons (Fsp3) is 0. The third-order valence-corrected chi connectivity index (χ3v) is 3.09. The summed E-state index contributed by atoms with van der Waals surface area (Å²) >= 11 is 3.55. The molecular formula is C12H7BrN2. The SMILES string of the molecule is Brc1cccnc2ccc3ccnc3c12. The number of nitrogens with zero attached hydrogens (tertiary/aromatic N) is 2. The number of aromatic nitrogens is 2. The highest BCUT2D eigenvalue weighted by atomic mass is 79.9. The lowest BCUT2D eigenvalue weighted by Gasteiger charge is -1.96. The van der Waals surface area contributed by atoms with E-state index < -0.39 is 0 Å². The second-order valence-electron chi connectivity index (χ2n) is 3.33. The number of benzene rings is 1. The smallest absolute Gasteiger partial charge is 0.0807 e. The predicted octanol–water partition coefficient (Wildman–Crippen LogP) is 3.55. The Hall–Kier alpha value is -1.48. The van der Waals surface area contributed by atoms with Crippen LogP contribution < -0.4 is 0 Å². The van der Waals surface area contributed by atoms with Crippen molar-refractivity contribution in [1.29, 1.82) is 0 Å². The van der Waals surface area contributed by atoms with Crippen molar-refractivity contribution in [3.05, 3.63) is 47.2 Å². The molecule has 0 N–H and O–H groups in total. The Balaban J connectivity index is 2.68. The number of rotatable bonds is 0. The Labute approximate surface area is 95.1 Å². The molecule has 0 saturated carbocycles. The topological polar surface area (TPSA) is 25.8 Å². The van der Waals surface area contributed by atoms with Crippen molar-refractivity contribution in [2.24, 2.45) is 0 Å². The van der Waals surface area contributed by atoms with Crippen LogP contribution in [-0.2, 0) is 0 Å². The zero-order valence-corrected chi connectivity index (χ0v) is 9.40. The summed E-state index contributed by atoms with van der Waals surface area (Å²) in [5.74, 6) is 0. The normalized spacial score (nSPS) is 11.0. The van der Waals surface area contributed by atoms with E-state index in [9.17, 15) is 0 Å². The molecule has 2 nitrogen and oxygen atoms in total. The van der Waals surface area contributed by atoms with Crippen LogP contribution >= 0.6 is 15.9 Å². The molecule has 15 heavy (non-hydrogen) atoms. The molecule has 0 amide bonds. The van der Waals surface area contributed by atoms with E-state index in [1.54, 1.807) is 6.20 Å². The zero-order valence-electron chi connectivity index (χ0n) is 7.81. The Bertz CT molecular complexity index is 649. The van der Waals surface area contributed by atoms with Crippen LogP contribution in [0.3, 0.4) is 0 Å². The first-order valence-corrected chi connectivity index (χ1v) is 5.43. The van der Waals surface area contributed by atoms with Gasteiger partial charge in [-0.05, 0) is 24.3 Å². The van der Waals surface area contributed by atoms with Crippen LogP contribution in [0.25, 0.3) is 21.8 Å². The van der Waals surface area contributed by atoms with Gasteiger partial charge in [-0.2, -0.15) is 0 Å². The lowest BCUT2D eigenvalue weighted by molar-refractivity contribution is 1.44. The quantitative estimate of drug-likeness (QED) is 0.617. The third-order valence-electron chi connectivity index (χ3n) is 2.43. The molecule has 0 fully saturated rings. The Morgan fingerprint density at radius 3 is 2.80 bits per heavy atom. The van der Waals surface area contributed by atoms with E-state index in [1.165, 1.54) is 0 Å². The van der Waals surface area contributed by atoms with Crippen LogP contribution in [0.1, 0.15) is 0 Å². The van der Waals surface area contributed by atoms with E-state index in [0.717, 1.165) is 26.3 Å². The molecule has 0 atom stereocenters. The van der Waals surface area contributed by atoms with Gasteiger partial charge in [0.1, 0.15) is 0 Å². The molecule has 3 heteroatoms.